The zero-order valence-electron chi connectivity index (χ0n) is 9.45. The summed E-state index contributed by atoms with van der Waals surface area (Å²) in [6, 6.07) is 0. The lowest BCUT2D eigenvalue weighted by Gasteiger charge is -2.36. The molecule has 2 heterocycles. The van der Waals surface area contributed by atoms with Crippen LogP contribution in [-0.4, -0.2) is 29.3 Å². The maximum Gasteiger partial charge on any atom is 0.319 e. The van der Waals surface area contributed by atoms with Crippen LogP contribution in [0, 0.1) is 6.92 Å². The van der Waals surface area contributed by atoms with Gasteiger partial charge in [0.2, 0.25) is 0 Å². The van der Waals surface area contributed by atoms with Gasteiger partial charge in [0, 0.05) is 4.88 Å². The predicted octanol–water partition coefficient (Wildman–Crippen LogP) is 1.76. The zero-order chi connectivity index (χ0) is 11.8. The SMILES string of the molecule is CCCc1nc(C)c(C2(C(=O)O)COC2)s1. The Bertz CT molecular complexity index is 409. The van der Waals surface area contributed by atoms with E-state index in [1.807, 2.05) is 6.92 Å². The van der Waals surface area contributed by atoms with Crippen LogP contribution in [0.15, 0.2) is 0 Å². The summed E-state index contributed by atoms with van der Waals surface area (Å²) in [5.74, 6) is -0.798. The van der Waals surface area contributed by atoms with Gasteiger partial charge in [0.05, 0.1) is 23.9 Å². The predicted molar refractivity (Wildman–Crippen MR) is 61.0 cm³/mol. The molecule has 0 radical (unpaired) electrons. The number of rotatable bonds is 4. The van der Waals surface area contributed by atoms with Gasteiger partial charge in [-0.15, -0.1) is 11.3 Å². The fraction of sp³-hybridized carbons (Fsp3) is 0.636. The van der Waals surface area contributed by atoms with E-state index in [0.717, 1.165) is 28.4 Å². The van der Waals surface area contributed by atoms with Gasteiger partial charge in [0.1, 0.15) is 5.41 Å². The van der Waals surface area contributed by atoms with E-state index in [9.17, 15) is 9.90 Å². The third-order valence-electron chi connectivity index (χ3n) is 2.85. The van der Waals surface area contributed by atoms with Crippen molar-refractivity contribution in [2.24, 2.45) is 0 Å². The molecule has 4 nitrogen and oxygen atoms in total. The van der Waals surface area contributed by atoms with Crippen molar-refractivity contribution in [1.29, 1.82) is 0 Å². The van der Waals surface area contributed by atoms with Crippen molar-refractivity contribution in [2.75, 3.05) is 13.2 Å². The number of carboxylic acid groups (broad SMARTS) is 1. The molecule has 1 fully saturated rings. The minimum Gasteiger partial charge on any atom is -0.480 e. The van der Waals surface area contributed by atoms with Gasteiger partial charge < -0.3 is 9.84 Å². The Kier molecular flexibility index (Phi) is 2.99. The molecule has 16 heavy (non-hydrogen) atoms. The monoisotopic (exact) mass is 241 g/mol. The Morgan fingerprint density at radius 3 is 2.75 bits per heavy atom. The fourth-order valence-corrected chi connectivity index (χ4v) is 3.19. The first-order chi connectivity index (χ1) is 7.60. The van der Waals surface area contributed by atoms with Crippen molar-refractivity contribution < 1.29 is 14.6 Å². The largest absolute Gasteiger partial charge is 0.480 e. The van der Waals surface area contributed by atoms with Gasteiger partial charge in [-0.05, 0) is 19.8 Å². The zero-order valence-corrected chi connectivity index (χ0v) is 10.3. The van der Waals surface area contributed by atoms with Crippen LogP contribution in [0.3, 0.4) is 0 Å². The number of hydrogen-bond donors (Lipinski definition) is 1. The number of aromatic nitrogens is 1. The van der Waals surface area contributed by atoms with Crippen LogP contribution in [0.2, 0.25) is 0 Å². The fourth-order valence-electron chi connectivity index (χ4n) is 1.87. The second-order valence-electron chi connectivity index (χ2n) is 4.15. The molecule has 1 aliphatic heterocycles. The number of carboxylic acids is 1. The van der Waals surface area contributed by atoms with E-state index in [-0.39, 0.29) is 13.2 Å². The van der Waals surface area contributed by atoms with E-state index in [1.54, 1.807) is 0 Å². The maximum absolute atomic E-state index is 11.3. The minimum absolute atomic E-state index is 0.275. The van der Waals surface area contributed by atoms with Crippen LogP contribution < -0.4 is 0 Å². The van der Waals surface area contributed by atoms with E-state index in [2.05, 4.69) is 11.9 Å². The summed E-state index contributed by atoms with van der Waals surface area (Å²) < 4.78 is 5.08. The first-order valence-corrected chi connectivity index (χ1v) is 6.19. The highest BCUT2D eigenvalue weighted by molar-refractivity contribution is 7.12. The molecule has 1 aliphatic rings. The quantitative estimate of drug-likeness (QED) is 0.872. The Labute approximate surface area is 98.3 Å². The molecule has 0 atom stereocenters. The number of ether oxygens (including phenoxy) is 1. The number of aliphatic carboxylic acids is 1. The molecule has 1 saturated heterocycles. The maximum atomic E-state index is 11.3. The van der Waals surface area contributed by atoms with Gasteiger partial charge in [-0.1, -0.05) is 6.92 Å². The van der Waals surface area contributed by atoms with Gasteiger partial charge in [-0.3, -0.25) is 4.79 Å². The molecule has 5 heteroatoms. The van der Waals surface area contributed by atoms with E-state index in [4.69, 9.17) is 4.74 Å². The molecule has 88 valence electrons. The highest BCUT2D eigenvalue weighted by atomic mass is 32.1. The van der Waals surface area contributed by atoms with E-state index in [1.165, 1.54) is 11.3 Å². The summed E-state index contributed by atoms with van der Waals surface area (Å²) in [6.07, 6.45) is 1.95. The molecule has 2 rings (SSSR count). The molecule has 0 aromatic carbocycles. The Morgan fingerprint density at radius 1 is 1.62 bits per heavy atom. The summed E-state index contributed by atoms with van der Waals surface area (Å²) in [5, 5.41) is 10.3. The molecular weight excluding hydrogens is 226 g/mol. The van der Waals surface area contributed by atoms with E-state index < -0.39 is 11.4 Å². The van der Waals surface area contributed by atoms with Gasteiger partial charge in [-0.25, -0.2) is 4.98 Å². The lowest BCUT2D eigenvalue weighted by atomic mass is 9.83. The molecular formula is C11H15NO3S. The molecule has 0 amide bonds. The molecule has 0 bridgehead atoms. The third-order valence-corrected chi connectivity index (χ3v) is 4.27. The lowest BCUT2D eigenvalue weighted by molar-refractivity contribution is -0.162. The van der Waals surface area contributed by atoms with Crippen LogP contribution in [-0.2, 0) is 21.4 Å². The Balaban J connectivity index is 2.35. The molecule has 0 spiro atoms. The molecule has 0 saturated carbocycles. The Morgan fingerprint density at radius 2 is 2.31 bits per heavy atom. The topological polar surface area (TPSA) is 59.4 Å². The highest BCUT2D eigenvalue weighted by Crippen LogP contribution is 2.38. The Hall–Kier alpha value is -0.940. The second kappa shape index (κ2) is 4.14. The highest BCUT2D eigenvalue weighted by Gasteiger charge is 2.50. The number of thiazole rings is 1. The number of carbonyl (C=O) groups is 1. The van der Waals surface area contributed by atoms with Crippen LogP contribution >= 0.6 is 11.3 Å². The second-order valence-corrected chi connectivity index (χ2v) is 5.24. The van der Waals surface area contributed by atoms with Crippen molar-refractivity contribution in [3.8, 4) is 0 Å². The number of aryl methyl sites for hydroxylation is 2. The summed E-state index contributed by atoms with van der Waals surface area (Å²) in [5.41, 5.74) is 0.0208. The minimum atomic E-state index is -0.826. The van der Waals surface area contributed by atoms with Crippen LogP contribution in [0.1, 0.15) is 28.9 Å². The van der Waals surface area contributed by atoms with Crippen molar-refractivity contribution in [2.45, 2.75) is 32.1 Å². The number of nitrogens with zero attached hydrogens (tertiary/aromatic N) is 1. The average molecular weight is 241 g/mol. The molecule has 0 aliphatic carbocycles. The molecule has 1 aromatic heterocycles. The van der Waals surface area contributed by atoms with Crippen molar-refractivity contribution in [3.63, 3.8) is 0 Å². The van der Waals surface area contributed by atoms with E-state index in [0.29, 0.717) is 0 Å². The summed E-state index contributed by atoms with van der Waals surface area (Å²) >= 11 is 1.52. The number of hydrogen-bond acceptors (Lipinski definition) is 4. The molecule has 0 unspecified atom stereocenters. The first-order valence-electron chi connectivity index (χ1n) is 5.38. The normalized spacial score (nSPS) is 18.1. The summed E-state index contributed by atoms with van der Waals surface area (Å²) in [4.78, 5) is 16.6. The smallest absolute Gasteiger partial charge is 0.319 e. The van der Waals surface area contributed by atoms with Crippen LogP contribution in [0.4, 0.5) is 0 Å². The third kappa shape index (κ3) is 1.64. The lowest BCUT2D eigenvalue weighted by Crippen LogP contribution is -2.52. The summed E-state index contributed by atoms with van der Waals surface area (Å²) in [7, 11) is 0. The van der Waals surface area contributed by atoms with Crippen LogP contribution in [0.5, 0.6) is 0 Å². The van der Waals surface area contributed by atoms with Gasteiger partial charge in [0.25, 0.3) is 0 Å². The van der Waals surface area contributed by atoms with Crippen LogP contribution in [0.25, 0.3) is 0 Å². The van der Waals surface area contributed by atoms with Gasteiger partial charge in [0.15, 0.2) is 0 Å². The van der Waals surface area contributed by atoms with Crippen molar-refractivity contribution >= 4 is 17.3 Å². The van der Waals surface area contributed by atoms with Crippen molar-refractivity contribution in [1.82, 2.24) is 4.98 Å². The van der Waals surface area contributed by atoms with E-state index >= 15 is 0 Å². The first kappa shape index (κ1) is 11.5. The van der Waals surface area contributed by atoms with Gasteiger partial charge in [-0.2, -0.15) is 0 Å². The van der Waals surface area contributed by atoms with Gasteiger partial charge >= 0.3 is 5.97 Å². The summed E-state index contributed by atoms with van der Waals surface area (Å²) in [6.45, 7) is 4.53. The molecule has 1 aromatic rings. The molecule has 1 N–H and O–H groups in total. The standard InChI is InChI=1S/C11H15NO3S/c1-3-4-8-12-7(2)9(16-8)11(10(13)14)5-15-6-11/h3-6H2,1-2H3,(H,13,14). The average Bonchev–Trinajstić information content (AvgIpc) is 2.46. The van der Waals surface area contributed by atoms with Crippen molar-refractivity contribution in [3.05, 3.63) is 15.6 Å².